The zero-order valence-corrected chi connectivity index (χ0v) is 20.9. The summed E-state index contributed by atoms with van der Waals surface area (Å²) in [7, 11) is 0. The van der Waals surface area contributed by atoms with Crippen molar-refractivity contribution in [1.29, 1.82) is 0 Å². The number of carbonyl (C=O) groups excluding carboxylic acids is 1. The maximum absolute atomic E-state index is 12.6. The summed E-state index contributed by atoms with van der Waals surface area (Å²) in [5, 5.41) is 17.7. The molecule has 3 aromatic carbocycles. The fraction of sp³-hybridized carbons (Fsp3) is 0.200. The zero-order chi connectivity index (χ0) is 26.2. The first-order valence-electron chi connectivity index (χ1n) is 12.7. The second-order valence-corrected chi connectivity index (χ2v) is 9.84. The molecule has 0 aliphatic heterocycles. The highest BCUT2D eigenvalue weighted by Crippen LogP contribution is 2.29. The van der Waals surface area contributed by atoms with E-state index in [-0.39, 0.29) is 18.3 Å². The van der Waals surface area contributed by atoms with E-state index in [9.17, 15) is 14.7 Å². The molecule has 38 heavy (non-hydrogen) atoms. The Bertz CT molecular complexity index is 1690. The van der Waals surface area contributed by atoms with Crippen LogP contribution in [0.25, 0.3) is 32.9 Å². The molecule has 2 aromatic heterocycles. The fourth-order valence-electron chi connectivity index (χ4n) is 4.72. The normalized spacial score (nSPS) is 13.9. The van der Waals surface area contributed by atoms with E-state index in [0.717, 1.165) is 51.4 Å². The van der Waals surface area contributed by atoms with E-state index < -0.39 is 12.0 Å². The Hall–Kier alpha value is -4.72. The monoisotopic (exact) mass is 505 g/mol. The van der Waals surface area contributed by atoms with E-state index in [0.29, 0.717) is 17.1 Å². The summed E-state index contributed by atoms with van der Waals surface area (Å²) in [6.07, 6.45) is 5.91. The number of carboxylic acids is 1. The topological polar surface area (TPSA) is 120 Å². The SMILES string of the molecule is Cc1ccc(C(=O)NC2CC2)cc1-c1ccc2nc(N[C@H](Cc3c[nH]c4ccccc34)C(=O)O)ncc2c1. The fourth-order valence-corrected chi connectivity index (χ4v) is 4.72. The van der Waals surface area contributed by atoms with Gasteiger partial charge in [0.15, 0.2) is 0 Å². The number of carbonyl (C=O) groups is 2. The number of rotatable bonds is 8. The number of para-hydroxylation sites is 1. The van der Waals surface area contributed by atoms with Gasteiger partial charge in [0.1, 0.15) is 6.04 Å². The Morgan fingerprint density at radius 2 is 1.95 bits per heavy atom. The van der Waals surface area contributed by atoms with Crippen LogP contribution in [-0.2, 0) is 11.2 Å². The van der Waals surface area contributed by atoms with Crippen molar-refractivity contribution in [2.45, 2.75) is 38.3 Å². The lowest BCUT2D eigenvalue weighted by Gasteiger charge is -2.15. The van der Waals surface area contributed by atoms with E-state index in [1.54, 1.807) is 6.20 Å². The van der Waals surface area contributed by atoms with Crippen LogP contribution in [0.2, 0.25) is 0 Å². The first-order chi connectivity index (χ1) is 18.4. The second kappa shape index (κ2) is 9.63. The first kappa shape index (κ1) is 23.7. The number of aromatic nitrogens is 3. The van der Waals surface area contributed by atoms with Crippen LogP contribution >= 0.6 is 0 Å². The van der Waals surface area contributed by atoms with Crippen LogP contribution in [0.3, 0.4) is 0 Å². The molecule has 0 radical (unpaired) electrons. The molecule has 1 amide bonds. The molecule has 5 aromatic rings. The molecule has 0 bridgehead atoms. The quantitative estimate of drug-likeness (QED) is 0.233. The van der Waals surface area contributed by atoms with Crippen molar-refractivity contribution in [3.8, 4) is 11.1 Å². The van der Waals surface area contributed by atoms with Gasteiger partial charge in [-0.25, -0.2) is 14.8 Å². The third-order valence-electron chi connectivity index (χ3n) is 7.00. The molecule has 1 aliphatic carbocycles. The van der Waals surface area contributed by atoms with E-state index in [2.05, 4.69) is 25.6 Å². The van der Waals surface area contributed by atoms with Crippen LogP contribution < -0.4 is 10.6 Å². The number of amides is 1. The Morgan fingerprint density at radius 1 is 1.11 bits per heavy atom. The summed E-state index contributed by atoms with van der Waals surface area (Å²) >= 11 is 0. The van der Waals surface area contributed by atoms with Crippen LogP contribution in [0.1, 0.15) is 34.3 Å². The number of hydrogen-bond donors (Lipinski definition) is 4. The maximum Gasteiger partial charge on any atom is 0.326 e. The maximum atomic E-state index is 12.6. The van der Waals surface area contributed by atoms with Crippen LogP contribution in [0, 0.1) is 6.92 Å². The van der Waals surface area contributed by atoms with E-state index >= 15 is 0 Å². The molecule has 0 unspecified atom stereocenters. The molecule has 1 saturated carbocycles. The molecule has 6 rings (SSSR count). The van der Waals surface area contributed by atoms with Gasteiger partial charge in [0.25, 0.3) is 5.91 Å². The van der Waals surface area contributed by atoms with Gasteiger partial charge < -0.3 is 20.7 Å². The minimum atomic E-state index is -0.976. The molecular formula is C30H27N5O3. The van der Waals surface area contributed by atoms with Gasteiger partial charge in [-0.3, -0.25) is 4.79 Å². The predicted octanol–water partition coefficient (Wildman–Crippen LogP) is 5.09. The third kappa shape index (κ3) is 4.80. The van der Waals surface area contributed by atoms with Gasteiger partial charge in [-0.05, 0) is 72.4 Å². The van der Waals surface area contributed by atoms with Crippen LogP contribution in [-0.4, -0.2) is 44.0 Å². The van der Waals surface area contributed by atoms with Crippen LogP contribution in [0.4, 0.5) is 5.95 Å². The van der Waals surface area contributed by atoms with Crippen molar-refractivity contribution in [2.24, 2.45) is 0 Å². The van der Waals surface area contributed by atoms with E-state index in [1.165, 1.54) is 0 Å². The lowest BCUT2D eigenvalue weighted by Crippen LogP contribution is -2.32. The average Bonchev–Trinajstić information content (AvgIpc) is 3.65. The first-order valence-corrected chi connectivity index (χ1v) is 12.7. The zero-order valence-electron chi connectivity index (χ0n) is 20.9. The third-order valence-corrected chi connectivity index (χ3v) is 7.00. The average molecular weight is 506 g/mol. The number of fused-ring (bicyclic) bond motifs is 2. The predicted molar refractivity (Wildman–Crippen MR) is 147 cm³/mol. The van der Waals surface area contributed by atoms with Crippen molar-refractivity contribution in [2.75, 3.05) is 5.32 Å². The van der Waals surface area contributed by atoms with Gasteiger partial charge in [0, 0.05) is 46.7 Å². The highest BCUT2D eigenvalue weighted by atomic mass is 16.4. The molecule has 1 fully saturated rings. The van der Waals surface area contributed by atoms with Gasteiger partial charge in [0.2, 0.25) is 5.95 Å². The lowest BCUT2D eigenvalue weighted by molar-refractivity contribution is -0.137. The van der Waals surface area contributed by atoms with Crippen molar-refractivity contribution in [3.05, 3.63) is 89.7 Å². The van der Waals surface area contributed by atoms with Gasteiger partial charge in [0.05, 0.1) is 5.52 Å². The molecule has 4 N–H and O–H groups in total. The summed E-state index contributed by atoms with van der Waals surface area (Å²) in [6, 6.07) is 18.8. The lowest BCUT2D eigenvalue weighted by atomic mass is 9.97. The smallest absolute Gasteiger partial charge is 0.326 e. The molecular weight excluding hydrogens is 478 g/mol. The number of nitrogens with one attached hydrogen (secondary N) is 3. The van der Waals surface area contributed by atoms with Crippen molar-refractivity contribution in [3.63, 3.8) is 0 Å². The minimum Gasteiger partial charge on any atom is -0.480 e. The molecule has 2 heterocycles. The number of H-pyrrole nitrogens is 1. The Morgan fingerprint density at radius 3 is 2.76 bits per heavy atom. The summed E-state index contributed by atoms with van der Waals surface area (Å²) in [4.78, 5) is 36.8. The summed E-state index contributed by atoms with van der Waals surface area (Å²) in [5.41, 5.74) is 6.22. The number of carboxylic acid groups (broad SMARTS) is 1. The van der Waals surface area contributed by atoms with Gasteiger partial charge in [-0.1, -0.05) is 30.3 Å². The molecule has 8 heteroatoms. The molecule has 1 aliphatic rings. The summed E-state index contributed by atoms with van der Waals surface area (Å²) < 4.78 is 0. The summed E-state index contributed by atoms with van der Waals surface area (Å²) in [6.45, 7) is 2.02. The molecule has 8 nitrogen and oxygen atoms in total. The van der Waals surface area contributed by atoms with Gasteiger partial charge in [-0.15, -0.1) is 0 Å². The molecule has 1 atom stereocenters. The van der Waals surface area contributed by atoms with E-state index in [4.69, 9.17) is 0 Å². The number of nitrogens with zero attached hydrogens (tertiary/aromatic N) is 2. The van der Waals surface area contributed by atoms with Crippen molar-refractivity contribution < 1.29 is 14.7 Å². The van der Waals surface area contributed by atoms with Crippen LogP contribution in [0.15, 0.2) is 73.1 Å². The van der Waals surface area contributed by atoms with Crippen molar-refractivity contribution >= 4 is 39.6 Å². The van der Waals surface area contributed by atoms with Crippen LogP contribution in [0.5, 0.6) is 0 Å². The number of aryl methyl sites for hydroxylation is 1. The number of benzene rings is 3. The highest BCUT2D eigenvalue weighted by molar-refractivity contribution is 5.96. The Labute approximate surface area is 219 Å². The standard InChI is InChI=1S/C30H27N5O3/c1-17-6-7-19(28(36)33-22-9-10-22)13-24(17)18-8-11-25-21(12-18)16-32-30(34-25)35-27(29(37)38)14-20-15-31-26-5-3-2-4-23(20)26/h2-8,11-13,15-16,22,27,31H,9-10,14H2,1H3,(H,33,36)(H,37,38)(H,32,34,35)/t27-/m1/s1. The largest absolute Gasteiger partial charge is 0.480 e. The molecule has 0 saturated heterocycles. The van der Waals surface area contributed by atoms with Gasteiger partial charge in [-0.2, -0.15) is 0 Å². The minimum absolute atomic E-state index is 0.0470. The van der Waals surface area contributed by atoms with E-state index in [1.807, 2.05) is 73.8 Å². The number of anilines is 1. The number of hydrogen-bond acceptors (Lipinski definition) is 5. The van der Waals surface area contributed by atoms with Crippen molar-refractivity contribution in [1.82, 2.24) is 20.3 Å². The second-order valence-electron chi connectivity index (χ2n) is 9.84. The number of aromatic amines is 1. The highest BCUT2D eigenvalue weighted by Gasteiger charge is 2.24. The Kier molecular flexibility index (Phi) is 5.99. The van der Waals surface area contributed by atoms with Gasteiger partial charge >= 0.3 is 5.97 Å². The molecule has 190 valence electrons. The number of aliphatic carboxylic acids is 1. The molecule has 0 spiro atoms. The Balaban J connectivity index is 1.24. The summed E-state index contributed by atoms with van der Waals surface area (Å²) in [5.74, 6) is -0.767.